The van der Waals surface area contributed by atoms with E-state index in [1.54, 1.807) is 30.3 Å². The van der Waals surface area contributed by atoms with E-state index in [1.165, 1.54) is 24.1 Å². The molecular weight excluding hydrogens is 393 g/mol. The van der Waals surface area contributed by atoms with Gasteiger partial charge in [-0.25, -0.2) is 17.8 Å². The van der Waals surface area contributed by atoms with Crippen LogP contribution in [0.3, 0.4) is 0 Å². The maximum absolute atomic E-state index is 13.8. The molecule has 1 amide bonds. The van der Waals surface area contributed by atoms with Crippen molar-refractivity contribution in [1.29, 1.82) is 0 Å². The summed E-state index contributed by atoms with van der Waals surface area (Å²) >= 11 is 5.74. The van der Waals surface area contributed by atoms with Crippen LogP contribution < -0.4 is 4.72 Å². The highest BCUT2D eigenvalue weighted by molar-refractivity contribution is 7.92. The van der Waals surface area contributed by atoms with Crippen LogP contribution in [0.2, 0.25) is 5.02 Å². The van der Waals surface area contributed by atoms with Gasteiger partial charge in [-0.3, -0.25) is 9.52 Å². The average Bonchev–Trinajstić information content (AvgIpc) is 3.02. The standard InChI is InChI=1S/C18H17ClFN3O3S/c1-11(24)23-18(13-5-8-15(19)16(20)9-13)10-17(21-23)12-3-6-14(7-4-12)22-27(2,25)26/h3-9,18,22H,10H2,1-2H3. The molecule has 0 aromatic heterocycles. The molecule has 1 aliphatic heterocycles. The largest absolute Gasteiger partial charge is 0.284 e. The van der Waals surface area contributed by atoms with Crippen molar-refractivity contribution < 1.29 is 17.6 Å². The number of benzene rings is 2. The minimum absolute atomic E-state index is 0.0150. The minimum Gasteiger partial charge on any atom is -0.284 e. The number of nitrogens with zero attached hydrogens (tertiary/aromatic N) is 2. The first-order valence-electron chi connectivity index (χ1n) is 8.04. The molecule has 1 unspecified atom stereocenters. The van der Waals surface area contributed by atoms with Gasteiger partial charge in [0.1, 0.15) is 5.82 Å². The molecule has 0 fully saturated rings. The van der Waals surface area contributed by atoms with Crippen molar-refractivity contribution in [2.45, 2.75) is 19.4 Å². The molecule has 0 bridgehead atoms. The van der Waals surface area contributed by atoms with Gasteiger partial charge in [-0.15, -0.1) is 0 Å². The first-order valence-corrected chi connectivity index (χ1v) is 10.3. The number of carbonyl (C=O) groups is 1. The van der Waals surface area contributed by atoms with Crippen molar-refractivity contribution in [3.05, 3.63) is 64.4 Å². The molecule has 9 heteroatoms. The molecule has 0 saturated carbocycles. The third-order valence-electron chi connectivity index (χ3n) is 4.08. The fraction of sp³-hybridized carbons (Fsp3) is 0.222. The van der Waals surface area contributed by atoms with Crippen LogP contribution in [0, 0.1) is 5.82 Å². The second-order valence-corrected chi connectivity index (χ2v) is 8.41. The SMILES string of the molecule is CC(=O)N1N=C(c2ccc(NS(C)(=O)=O)cc2)CC1c1ccc(Cl)c(F)c1. The summed E-state index contributed by atoms with van der Waals surface area (Å²) in [4.78, 5) is 12.0. The van der Waals surface area contributed by atoms with E-state index in [1.807, 2.05) is 0 Å². The minimum atomic E-state index is -3.36. The molecule has 6 nitrogen and oxygen atoms in total. The molecule has 1 N–H and O–H groups in total. The average molecular weight is 410 g/mol. The summed E-state index contributed by atoms with van der Waals surface area (Å²) in [7, 11) is -3.36. The summed E-state index contributed by atoms with van der Waals surface area (Å²) in [5.74, 6) is -0.817. The predicted molar refractivity (Wildman–Crippen MR) is 103 cm³/mol. The monoisotopic (exact) mass is 409 g/mol. The third-order valence-corrected chi connectivity index (χ3v) is 5.00. The van der Waals surface area contributed by atoms with E-state index >= 15 is 0 Å². The van der Waals surface area contributed by atoms with Crippen molar-refractivity contribution in [3.63, 3.8) is 0 Å². The fourth-order valence-electron chi connectivity index (χ4n) is 2.90. The van der Waals surface area contributed by atoms with Crippen molar-refractivity contribution in [3.8, 4) is 0 Å². The highest BCUT2D eigenvalue weighted by Crippen LogP contribution is 2.34. The molecule has 3 rings (SSSR count). The van der Waals surface area contributed by atoms with Gasteiger partial charge >= 0.3 is 0 Å². The lowest BCUT2D eigenvalue weighted by atomic mass is 9.98. The number of hydrogen-bond acceptors (Lipinski definition) is 4. The summed E-state index contributed by atoms with van der Waals surface area (Å²) in [5, 5.41) is 5.71. The zero-order valence-electron chi connectivity index (χ0n) is 14.6. The van der Waals surface area contributed by atoms with Crippen LogP contribution in [0.1, 0.15) is 30.5 Å². The zero-order chi connectivity index (χ0) is 19.8. The van der Waals surface area contributed by atoms with E-state index in [-0.39, 0.29) is 10.9 Å². The number of carbonyl (C=O) groups excluding carboxylic acids is 1. The fourth-order valence-corrected chi connectivity index (χ4v) is 3.58. The maximum Gasteiger partial charge on any atom is 0.240 e. The second-order valence-electron chi connectivity index (χ2n) is 6.26. The summed E-state index contributed by atoms with van der Waals surface area (Å²) in [5.41, 5.74) is 2.43. The van der Waals surface area contributed by atoms with Crippen LogP contribution in [0.15, 0.2) is 47.6 Å². The summed E-state index contributed by atoms with van der Waals surface area (Å²) in [6.07, 6.45) is 1.47. The molecule has 2 aromatic rings. The number of anilines is 1. The number of rotatable bonds is 4. The van der Waals surface area contributed by atoms with E-state index in [4.69, 9.17) is 11.6 Å². The number of hydrogen-bond donors (Lipinski definition) is 1. The van der Waals surface area contributed by atoms with Gasteiger partial charge in [0.05, 0.1) is 23.0 Å². The Morgan fingerprint density at radius 1 is 1.26 bits per heavy atom. The number of sulfonamides is 1. The Bertz CT molecular complexity index is 1020. The molecule has 1 heterocycles. The van der Waals surface area contributed by atoms with Gasteiger partial charge in [0.15, 0.2) is 0 Å². The van der Waals surface area contributed by atoms with Crippen molar-refractivity contribution in [2.75, 3.05) is 11.0 Å². The van der Waals surface area contributed by atoms with Gasteiger partial charge in [-0.05, 0) is 35.4 Å². The van der Waals surface area contributed by atoms with Crippen molar-refractivity contribution in [2.24, 2.45) is 5.10 Å². The molecule has 0 aliphatic carbocycles. The summed E-state index contributed by atoms with van der Waals surface area (Å²) < 4.78 is 38.8. The van der Waals surface area contributed by atoms with Crippen LogP contribution in [-0.4, -0.2) is 31.3 Å². The van der Waals surface area contributed by atoms with Gasteiger partial charge in [0, 0.05) is 19.0 Å². The van der Waals surface area contributed by atoms with Gasteiger partial charge in [-0.1, -0.05) is 29.8 Å². The van der Waals surface area contributed by atoms with Crippen LogP contribution in [0.4, 0.5) is 10.1 Å². The highest BCUT2D eigenvalue weighted by atomic mass is 35.5. The second kappa shape index (κ2) is 7.28. The topological polar surface area (TPSA) is 78.8 Å². The number of halogens is 2. The summed E-state index contributed by atoms with van der Waals surface area (Å²) in [6.45, 7) is 1.39. The zero-order valence-corrected chi connectivity index (χ0v) is 16.2. The van der Waals surface area contributed by atoms with Crippen LogP contribution in [0.5, 0.6) is 0 Å². The van der Waals surface area contributed by atoms with Gasteiger partial charge in [0.2, 0.25) is 15.9 Å². The lowest BCUT2D eigenvalue weighted by Crippen LogP contribution is -2.24. The van der Waals surface area contributed by atoms with Gasteiger partial charge in [0.25, 0.3) is 0 Å². The first-order chi connectivity index (χ1) is 12.6. The van der Waals surface area contributed by atoms with Crippen molar-refractivity contribution >= 4 is 38.9 Å². The number of amides is 1. The normalized spacial score (nSPS) is 17.0. The Labute approximate surface area is 161 Å². The van der Waals surface area contributed by atoms with Gasteiger partial charge in [-0.2, -0.15) is 5.10 Å². The van der Waals surface area contributed by atoms with E-state index in [2.05, 4.69) is 9.82 Å². The highest BCUT2D eigenvalue weighted by Gasteiger charge is 2.31. The molecule has 0 saturated heterocycles. The lowest BCUT2D eigenvalue weighted by molar-refractivity contribution is -0.130. The Kier molecular flexibility index (Phi) is 5.21. The molecular formula is C18H17ClFN3O3S. The van der Waals surface area contributed by atoms with E-state index < -0.39 is 21.9 Å². The number of nitrogens with one attached hydrogen (secondary N) is 1. The molecule has 1 atom stereocenters. The van der Waals surface area contributed by atoms with E-state index in [0.717, 1.165) is 11.8 Å². The Balaban J connectivity index is 1.87. The molecule has 1 aliphatic rings. The molecule has 0 radical (unpaired) electrons. The first kappa shape index (κ1) is 19.3. The predicted octanol–water partition coefficient (Wildman–Crippen LogP) is 3.55. The van der Waals surface area contributed by atoms with Gasteiger partial charge < -0.3 is 0 Å². The molecule has 0 spiro atoms. The number of hydrazone groups is 1. The maximum atomic E-state index is 13.8. The molecule has 27 heavy (non-hydrogen) atoms. The molecule has 142 valence electrons. The molecule has 2 aromatic carbocycles. The lowest BCUT2D eigenvalue weighted by Gasteiger charge is -2.20. The quantitative estimate of drug-likeness (QED) is 0.838. The van der Waals surface area contributed by atoms with Crippen LogP contribution in [-0.2, 0) is 14.8 Å². The Morgan fingerprint density at radius 3 is 2.48 bits per heavy atom. The van der Waals surface area contributed by atoms with Crippen LogP contribution in [0.25, 0.3) is 0 Å². The Morgan fingerprint density at radius 2 is 1.93 bits per heavy atom. The van der Waals surface area contributed by atoms with Crippen molar-refractivity contribution in [1.82, 2.24) is 5.01 Å². The third kappa shape index (κ3) is 4.45. The smallest absolute Gasteiger partial charge is 0.240 e. The van der Waals surface area contributed by atoms with Crippen LogP contribution >= 0.6 is 11.6 Å². The van der Waals surface area contributed by atoms with E-state index in [0.29, 0.717) is 23.4 Å². The van der Waals surface area contributed by atoms with E-state index in [9.17, 15) is 17.6 Å². The summed E-state index contributed by atoms with van der Waals surface area (Å²) in [6, 6.07) is 10.7. The Hall–Kier alpha value is -2.45.